The number of rotatable bonds is 8. The lowest BCUT2D eigenvalue weighted by Crippen LogP contribution is -2.61. The van der Waals surface area contributed by atoms with Crippen LogP contribution >= 0.6 is 0 Å². The highest BCUT2D eigenvalue weighted by Gasteiger charge is 2.55. The number of ether oxygens (including phenoxy) is 2. The second-order valence-electron chi connectivity index (χ2n) is 26.2. The monoisotopic (exact) mass is 1110 g/mol. The first-order chi connectivity index (χ1) is 40.2. The zero-order valence-electron chi connectivity index (χ0n) is 48.1. The fourth-order valence-corrected chi connectivity index (χ4v) is 18.2. The van der Waals surface area contributed by atoms with Gasteiger partial charge in [0, 0.05) is 71.0 Å². The van der Waals surface area contributed by atoms with Gasteiger partial charge in [0.1, 0.15) is 5.82 Å². The second-order valence-corrected chi connectivity index (χ2v) is 26.2. The molecule has 0 spiro atoms. The minimum absolute atomic E-state index is 0.101. The lowest BCUT2D eigenvalue weighted by atomic mass is 9.70. The van der Waals surface area contributed by atoms with Crippen molar-refractivity contribution in [3.05, 3.63) is 111 Å². The molecular weight excluding hydrogens is 1030 g/mol. The van der Waals surface area contributed by atoms with Crippen LogP contribution in [0.5, 0.6) is 0 Å². The molecule has 5 aromatic heterocycles. The Morgan fingerprint density at radius 2 is 0.854 bits per heavy atom. The minimum Gasteiger partial charge on any atom is -0.469 e. The smallest absolute Gasteiger partial charge is 0.305 e. The molecule has 12 N–H and O–H groups in total. The van der Waals surface area contributed by atoms with Gasteiger partial charge in [-0.3, -0.25) is 52.1 Å². The fourth-order valence-electron chi connectivity index (χ4n) is 18.2. The van der Waals surface area contributed by atoms with Crippen LogP contribution in [0.15, 0.2) is 60.9 Å². The van der Waals surface area contributed by atoms with Crippen LogP contribution in [-0.2, 0) is 26.1 Å². The molecule has 4 saturated carbocycles. The molecule has 18 nitrogen and oxygen atoms in total. The highest BCUT2D eigenvalue weighted by Crippen LogP contribution is 2.48. The summed E-state index contributed by atoms with van der Waals surface area (Å²) in [5, 5.41) is 38.5. The summed E-state index contributed by atoms with van der Waals surface area (Å²) < 4.78 is 12.5. The Hall–Kier alpha value is -5.57. The summed E-state index contributed by atoms with van der Waals surface area (Å²) in [6.07, 6.45) is 25.7. The molecule has 4 aliphatic carbocycles. The summed E-state index contributed by atoms with van der Waals surface area (Å²) in [5.41, 5.74) is 7.98. The number of aryl methyl sites for hydroxylation is 1. The van der Waals surface area contributed by atoms with E-state index in [1.807, 2.05) is 24.0 Å². The molecule has 9 fully saturated rings. The molecule has 6 aliphatic heterocycles. The van der Waals surface area contributed by atoms with Crippen LogP contribution in [0.4, 0.5) is 0 Å². The van der Waals surface area contributed by atoms with Crippen molar-refractivity contribution >= 4 is 34.2 Å². The highest BCUT2D eigenvalue weighted by molar-refractivity contribution is 5.78. The van der Waals surface area contributed by atoms with Gasteiger partial charge in [0.15, 0.2) is 0 Å². The molecular formula is C64H86N14O4. The van der Waals surface area contributed by atoms with Crippen LogP contribution in [0.25, 0.3) is 22.3 Å². The molecule has 16 bridgehead atoms. The van der Waals surface area contributed by atoms with Gasteiger partial charge >= 0.3 is 11.9 Å². The van der Waals surface area contributed by atoms with Gasteiger partial charge in [-0.25, -0.2) is 4.98 Å². The van der Waals surface area contributed by atoms with E-state index in [1.54, 1.807) is 0 Å². The van der Waals surface area contributed by atoms with E-state index in [2.05, 4.69) is 111 Å². The third-order valence-corrected chi connectivity index (χ3v) is 22.1. The zero-order chi connectivity index (χ0) is 55.2. The number of hydrogen-bond donors (Lipinski definition) is 12. The van der Waals surface area contributed by atoms with Crippen molar-refractivity contribution in [1.82, 2.24) is 72.0 Å². The average Bonchev–Trinajstić information content (AvgIpc) is 3.89. The SMILES string of the molecule is COC(=O)CCC1=c2ccc([nH]2)=C(c2nccn2C)c2ccc([nH]2)C(CCC(=O)OC)=c2ccc([nH]2)=C(C2CCC3C4NC5NC(NC6NC(NC7NC(NC(N4)C3C2)C2CCCCC72)C2CCCCC62)C2CCCCC52)c2ccc1[nH]2. The van der Waals surface area contributed by atoms with Gasteiger partial charge in [0.25, 0.3) is 0 Å². The Kier molecular flexibility index (Phi) is 14.3. The molecule has 0 radical (unpaired) electrons. The van der Waals surface area contributed by atoms with Crippen LogP contribution in [0, 0.1) is 53.3 Å². The van der Waals surface area contributed by atoms with Crippen molar-refractivity contribution in [1.29, 1.82) is 0 Å². The number of nitrogens with zero attached hydrogens (tertiary/aromatic N) is 2. The van der Waals surface area contributed by atoms with E-state index in [-0.39, 0.29) is 67.7 Å². The molecule has 10 aliphatic rings. The van der Waals surface area contributed by atoms with E-state index < -0.39 is 0 Å². The van der Waals surface area contributed by atoms with Crippen molar-refractivity contribution in [3.8, 4) is 0 Å². The van der Waals surface area contributed by atoms with Gasteiger partial charge in [-0.05, 0) is 184 Å². The van der Waals surface area contributed by atoms with Gasteiger partial charge < -0.3 is 34.0 Å². The van der Waals surface area contributed by atoms with Gasteiger partial charge in [-0.1, -0.05) is 38.5 Å². The first-order valence-corrected chi connectivity index (χ1v) is 31.7. The maximum absolute atomic E-state index is 13.0. The first kappa shape index (κ1) is 53.2. The van der Waals surface area contributed by atoms with Crippen molar-refractivity contribution < 1.29 is 19.1 Å². The van der Waals surface area contributed by atoms with E-state index in [1.165, 1.54) is 96.8 Å². The summed E-state index contributed by atoms with van der Waals surface area (Å²) in [5.74, 6) is 4.89. The van der Waals surface area contributed by atoms with Crippen LogP contribution in [0.3, 0.4) is 0 Å². The third kappa shape index (κ3) is 9.60. The molecule has 0 amide bonds. The van der Waals surface area contributed by atoms with E-state index in [4.69, 9.17) is 14.5 Å². The number of esters is 2. The van der Waals surface area contributed by atoms with Gasteiger partial charge in [-0.2, -0.15) is 0 Å². The Bertz CT molecular complexity index is 3440. The van der Waals surface area contributed by atoms with Crippen LogP contribution in [0.2, 0.25) is 0 Å². The fraction of sp³-hybridized carbons (Fsp3) is 0.609. The number of H-pyrrole nitrogens is 4. The van der Waals surface area contributed by atoms with Crippen molar-refractivity contribution in [2.24, 2.45) is 60.3 Å². The average molecular weight is 1120 g/mol. The number of aromatic amines is 4. The number of imidazole rings is 1. The molecule has 82 heavy (non-hydrogen) atoms. The van der Waals surface area contributed by atoms with Gasteiger partial charge in [0.05, 0.1) is 80.2 Å². The number of carbonyl (C=O) groups is 2. The number of aromatic nitrogens is 6. The predicted octanol–water partition coefficient (Wildman–Crippen LogP) is 3.64. The summed E-state index contributed by atoms with van der Waals surface area (Å²) in [7, 11) is 4.93. The molecule has 0 aromatic carbocycles. The Labute approximate surface area is 480 Å². The Morgan fingerprint density at radius 3 is 1.30 bits per heavy atom. The first-order valence-electron chi connectivity index (χ1n) is 31.7. The van der Waals surface area contributed by atoms with Crippen LogP contribution in [-0.4, -0.2) is 105 Å². The molecule has 17 atom stereocenters. The van der Waals surface area contributed by atoms with Crippen molar-refractivity contribution in [2.75, 3.05) is 14.2 Å². The molecule has 18 heteroatoms. The van der Waals surface area contributed by atoms with E-state index >= 15 is 0 Å². The number of nitrogens with one attached hydrogen (secondary N) is 12. The maximum Gasteiger partial charge on any atom is 0.305 e. The topological polar surface area (TPSA) is 230 Å². The standard InChI is InChI=1S/C64H86N14O4/c1-78-31-30-65-64(78)55-50-26-22-46(68-50)41(18-28-52(79)81-2)44-20-24-48(66-44)54(49-25-21-45(67-49)42(19-29-53(80)82-3)47-23-27-51(55)69-47)33-16-17-40-43(32-33)63-76-61-39-15-9-8-14-38(39)59(74-61)72-57-35-11-5-4-10-34(35)56(70-57)71-58-36-12-6-7-13-37(36)60(73-58)75-62(40)77-63/h20-27,30-31,33-40,43,56-63,66-77H,4-19,28-29,32H2,1-3H3. The van der Waals surface area contributed by atoms with Crippen LogP contribution < -0.4 is 63.9 Å². The Balaban J connectivity index is 0.836. The summed E-state index contributed by atoms with van der Waals surface area (Å²) in [6, 6.07) is 17.4. The van der Waals surface area contributed by atoms with Gasteiger partial charge in [-0.15, -0.1) is 0 Å². The number of carbonyl (C=O) groups excluding carboxylic acids is 2. The molecule has 436 valence electrons. The quantitative estimate of drug-likeness (QED) is 0.0999. The largest absolute Gasteiger partial charge is 0.469 e. The maximum atomic E-state index is 13.0. The van der Waals surface area contributed by atoms with E-state index in [0.717, 1.165) is 86.0 Å². The minimum atomic E-state index is -0.252. The van der Waals surface area contributed by atoms with E-state index in [9.17, 15) is 9.59 Å². The number of methoxy groups -OCH3 is 2. The van der Waals surface area contributed by atoms with Crippen molar-refractivity contribution in [3.63, 3.8) is 0 Å². The highest BCUT2D eigenvalue weighted by atomic mass is 16.5. The summed E-state index contributed by atoms with van der Waals surface area (Å²) in [4.78, 5) is 46.4. The number of fused-ring (bicyclic) bond motifs is 28. The molecule has 11 heterocycles. The van der Waals surface area contributed by atoms with E-state index in [0.29, 0.717) is 72.5 Å². The lowest BCUT2D eigenvalue weighted by Gasteiger charge is -2.38. The summed E-state index contributed by atoms with van der Waals surface area (Å²) in [6.45, 7) is 0. The normalized spacial score (nSPS) is 35.9. The summed E-state index contributed by atoms with van der Waals surface area (Å²) >= 11 is 0. The van der Waals surface area contributed by atoms with Crippen LogP contribution in [0.1, 0.15) is 151 Å². The van der Waals surface area contributed by atoms with Crippen molar-refractivity contribution in [2.45, 2.75) is 171 Å². The molecule has 5 saturated heterocycles. The third-order valence-electron chi connectivity index (χ3n) is 22.1. The predicted molar refractivity (Wildman–Crippen MR) is 313 cm³/mol. The molecule has 17 unspecified atom stereocenters. The second kappa shape index (κ2) is 22.1. The Morgan fingerprint density at radius 1 is 0.463 bits per heavy atom. The zero-order valence-corrected chi connectivity index (χ0v) is 48.1. The molecule has 15 rings (SSSR count). The van der Waals surface area contributed by atoms with Gasteiger partial charge in [0.2, 0.25) is 0 Å². The number of hydrogen-bond acceptors (Lipinski definition) is 13. The lowest BCUT2D eigenvalue weighted by molar-refractivity contribution is -0.141. The molecule has 5 aromatic rings.